The van der Waals surface area contributed by atoms with Crippen LogP contribution in [0.1, 0.15) is 24.2 Å². The van der Waals surface area contributed by atoms with Gasteiger partial charge in [-0.15, -0.1) is 0 Å². The highest BCUT2D eigenvalue weighted by molar-refractivity contribution is 7.98. The maximum Gasteiger partial charge on any atom is 0.0406 e. The normalized spacial score (nSPS) is 10.3. The van der Waals surface area contributed by atoms with E-state index in [0.29, 0.717) is 0 Å². The van der Waals surface area contributed by atoms with Gasteiger partial charge in [0, 0.05) is 11.4 Å². The Labute approximate surface area is 85.0 Å². The Kier molecular flexibility index (Phi) is 4.91. The van der Waals surface area contributed by atoms with Crippen LogP contribution in [-0.4, -0.2) is 17.0 Å². The molecule has 1 aromatic heterocycles. The molecule has 1 nitrogen and oxygen atoms in total. The van der Waals surface area contributed by atoms with Gasteiger partial charge in [-0.3, -0.25) is 4.98 Å². The maximum atomic E-state index is 4.46. The second-order valence-electron chi connectivity index (χ2n) is 3.22. The molecule has 0 N–H and O–H groups in total. The third-order valence-corrected chi connectivity index (χ3v) is 2.67. The van der Waals surface area contributed by atoms with E-state index < -0.39 is 0 Å². The summed E-state index contributed by atoms with van der Waals surface area (Å²) in [6.07, 6.45) is 5.85. The number of hydrogen-bond acceptors (Lipinski definition) is 2. The zero-order valence-corrected chi connectivity index (χ0v) is 9.23. The number of hydrogen-bond donors (Lipinski definition) is 0. The molecule has 1 heterocycles. The van der Waals surface area contributed by atoms with Gasteiger partial charge < -0.3 is 0 Å². The Hall–Kier alpha value is -0.500. The van der Waals surface area contributed by atoms with E-state index in [9.17, 15) is 0 Å². The average Bonchev–Trinajstić information content (AvgIpc) is 2.13. The van der Waals surface area contributed by atoms with Crippen molar-refractivity contribution < 1.29 is 0 Å². The summed E-state index contributed by atoms with van der Waals surface area (Å²) in [4.78, 5) is 4.46. The summed E-state index contributed by atoms with van der Waals surface area (Å²) in [5.74, 6) is 1.27. The lowest BCUT2D eigenvalue weighted by atomic mass is 10.2. The zero-order valence-electron chi connectivity index (χ0n) is 8.42. The van der Waals surface area contributed by atoms with Crippen LogP contribution in [0.25, 0.3) is 0 Å². The molecule has 0 unspecified atom stereocenters. The average molecular weight is 195 g/mol. The summed E-state index contributed by atoms with van der Waals surface area (Å²) >= 11 is 1.92. The van der Waals surface area contributed by atoms with Crippen molar-refractivity contribution in [1.29, 1.82) is 0 Å². The van der Waals surface area contributed by atoms with Crippen molar-refractivity contribution in [2.24, 2.45) is 0 Å². The highest BCUT2D eigenvalue weighted by Gasteiger charge is 1.94. The van der Waals surface area contributed by atoms with Crippen molar-refractivity contribution in [2.45, 2.75) is 26.2 Å². The summed E-state index contributed by atoms with van der Waals surface area (Å²) in [6, 6.07) is 6.25. The van der Waals surface area contributed by atoms with Crippen LogP contribution in [0.15, 0.2) is 18.2 Å². The number of aromatic nitrogens is 1. The molecule has 72 valence electrons. The van der Waals surface area contributed by atoms with Gasteiger partial charge in [-0.1, -0.05) is 6.07 Å². The number of thioether (sulfide) groups is 1. The third-order valence-electron chi connectivity index (χ3n) is 1.98. The van der Waals surface area contributed by atoms with Gasteiger partial charge >= 0.3 is 0 Å². The molecule has 1 rings (SSSR count). The first kappa shape index (κ1) is 10.6. The van der Waals surface area contributed by atoms with Gasteiger partial charge in [0.05, 0.1) is 0 Å². The smallest absolute Gasteiger partial charge is 0.0406 e. The lowest BCUT2D eigenvalue weighted by Crippen LogP contribution is -1.92. The molecule has 0 saturated heterocycles. The van der Waals surface area contributed by atoms with E-state index in [1.807, 2.05) is 24.8 Å². The molecule has 0 aliphatic rings. The van der Waals surface area contributed by atoms with Gasteiger partial charge in [-0.2, -0.15) is 11.8 Å². The van der Waals surface area contributed by atoms with E-state index >= 15 is 0 Å². The minimum atomic E-state index is 1.13. The fraction of sp³-hybridized carbons (Fsp3) is 0.545. The molecule has 0 saturated carbocycles. The molecule has 0 bridgehead atoms. The number of unbranched alkanes of at least 4 members (excludes halogenated alkanes) is 1. The van der Waals surface area contributed by atoms with Gasteiger partial charge in [0.15, 0.2) is 0 Å². The Bertz CT molecular complexity index is 248. The van der Waals surface area contributed by atoms with Gasteiger partial charge in [-0.25, -0.2) is 0 Å². The van der Waals surface area contributed by atoms with Crippen LogP contribution in [0.4, 0.5) is 0 Å². The summed E-state index contributed by atoms with van der Waals surface area (Å²) in [5.41, 5.74) is 2.36. The lowest BCUT2D eigenvalue weighted by Gasteiger charge is -2.00. The molecular formula is C11H17NS. The van der Waals surface area contributed by atoms with Gasteiger partial charge in [0.2, 0.25) is 0 Å². The molecule has 0 atom stereocenters. The predicted molar refractivity (Wildman–Crippen MR) is 60.3 cm³/mol. The van der Waals surface area contributed by atoms with E-state index in [1.54, 1.807) is 0 Å². The lowest BCUT2D eigenvalue weighted by molar-refractivity contribution is 0.780. The monoisotopic (exact) mass is 195 g/mol. The van der Waals surface area contributed by atoms with Crippen LogP contribution in [0, 0.1) is 6.92 Å². The van der Waals surface area contributed by atoms with E-state index in [-0.39, 0.29) is 0 Å². The van der Waals surface area contributed by atoms with Crippen molar-refractivity contribution in [2.75, 3.05) is 12.0 Å². The van der Waals surface area contributed by atoms with Crippen LogP contribution in [0.3, 0.4) is 0 Å². The van der Waals surface area contributed by atoms with Crippen LogP contribution in [-0.2, 0) is 6.42 Å². The van der Waals surface area contributed by atoms with Gasteiger partial charge in [0.1, 0.15) is 0 Å². The van der Waals surface area contributed by atoms with Crippen molar-refractivity contribution in [3.05, 3.63) is 29.6 Å². The molecule has 0 amide bonds. The topological polar surface area (TPSA) is 12.9 Å². The van der Waals surface area contributed by atoms with E-state index in [4.69, 9.17) is 0 Å². The van der Waals surface area contributed by atoms with Crippen LogP contribution >= 0.6 is 11.8 Å². The molecule has 0 aromatic carbocycles. The number of nitrogens with zero attached hydrogens (tertiary/aromatic N) is 1. The van der Waals surface area contributed by atoms with Crippen molar-refractivity contribution in [3.8, 4) is 0 Å². The van der Waals surface area contributed by atoms with Crippen LogP contribution < -0.4 is 0 Å². The molecule has 0 aliphatic carbocycles. The van der Waals surface area contributed by atoms with Gasteiger partial charge in [-0.05, 0) is 50.3 Å². The second-order valence-corrected chi connectivity index (χ2v) is 4.21. The second kappa shape index (κ2) is 6.03. The molecule has 0 fully saturated rings. The first-order chi connectivity index (χ1) is 6.33. The Balaban J connectivity index is 2.28. The summed E-state index contributed by atoms with van der Waals surface area (Å²) in [5, 5.41) is 0. The Morgan fingerprint density at radius 3 is 2.85 bits per heavy atom. The highest BCUT2D eigenvalue weighted by atomic mass is 32.2. The first-order valence-electron chi connectivity index (χ1n) is 4.74. The van der Waals surface area contributed by atoms with Crippen LogP contribution in [0.2, 0.25) is 0 Å². The Morgan fingerprint density at radius 2 is 2.15 bits per heavy atom. The predicted octanol–water partition coefficient (Wildman–Crippen LogP) is 3.08. The molecule has 13 heavy (non-hydrogen) atoms. The van der Waals surface area contributed by atoms with Crippen molar-refractivity contribution in [1.82, 2.24) is 4.98 Å². The molecule has 0 radical (unpaired) electrons. The van der Waals surface area contributed by atoms with Crippen LogP contribution in [0.5, 0.6) is 0 Å². The number of aryl methyl sites for hydroxylation is 2. The first-order valence-corrected chi connectivity index (χ1v) is 6.14. The van der Waals surface area contributed by atoms with Crippen molar-refractivity contribution in [3.63, 3.8) is 0 Å². The molecule has 2 heteroatoms. The fourth-order valence-electron chi connectivity index (χ4n) is 1.29. The molecule has 1 aromatic rings. The summed E-state index contributed by atoms with van der Waals surface area (Å²) < 4.78 is 0. The van der Waals surface area contributed by atoms with E-state index in [2.05, 4.69) is 23.4 Å². The molecular weight excluding hydrogens is 178 g/mol. The summed E-state index contributed by atoms with van der Waals surface area (Å²) in [7, 11) is 0. The SMILES string of the molecule is CSCCCCc1cccc(C)n1. The highest BCUT2D eigenvalue weighted by Crippen LogP contribution is 2.05. The quantitative estimate of drug-likeness (QED) is 0.670. The maximum absolute atomic E-state index is 4.46. The molecule has 0 spiro atoms. The van der Waals surface area contributed by atoms with E-state index in [0.717, 1.165) is 12.1 Å². The third kappa shape index (κ3) is 4.32. The Morgan fingerprint density at radius 1 is 1.31 bits per heavy atom. The van der Waals surface area contributed by atoms with E-state index in [1.165, 1.54) is 24.3 Å². The molecule has 0 aliphatic heterocycles. The fourth-order valence-corrected chi connectivity index (χ4v) is 1.78. The minimum Gasteiger partial charge on any atom is -0.258 e. The number of rotatable bonds is 5. The van der Waals surface area contributed by atoms with Gasteiger partial charge in [0.25, 0.3) is 0 Å². The largest absolute Gasteiger partial charge is 0.258 e. The summed E-state index contributed by atoms with van der Waals surface area (Å²) in [6.45, 7) is 2.05. The van der Waals surface area contributed by atoms with Crippen molar-refractivity contribution >= 4 is 11.8 Å². The standard InChI is InChI=1S/C11H17NS/c1-10-6-5-8-11(12-10)7-3-4-9-13-2/h5-6,8H,3-4,7,9H2,1-2H3. The zero-order chi connectivity index (χ0) is 9.52. The minimum absolute atomic E-state index is 1.13. The number of pyridine rings is 1.